The Labute approximate surface area is 170 Å². The van der Waals surface area contributed by atoms with Crippen molar-refractivity contribution >= 4 is 19.7 Å². The van der Waals surface area contributed by atoms with Crippen LogP contribution in [-0.2, 0) is 0 Å². The number of pyridine rings is 1. The summed E-state index contributed by atoms with van der Waals surface area (Å²) in [7, 11) is 6.57. The van der Waals surface area contributed by atoms with Crippen molar-refractivity contribution in [1.82, 2.24) is 15.6 Å². The Hall–Kier alpha value is -1.85. The van der Waals surface area contributed by atoms with Gasteiger partial charge in [0.25, 0.3) is 11.8 Å². The Morgan fingerprint density at radius 1 is 1.18 bits per heavy atom. The summed E-state index contributed by atoms with van der Waals surface area (Å²) in [5, 5.41) is 5.45. The highest BCUT2D eigenvalue weighted by molar-refractivity contribution is 6.15. The Balaban J connectivity index is 2.23. The van der Waals surface area contributed by atoms with Gasteiger partial charge in [-0.2, -0.15) is 0 Å². The first-order chi connectivity index (χ1) is 12.8. The number of carbonyl (C=O) groups is 2. The number of rotatable bonds is 7. The molecule has 4 atom stereocenters. The average molecular weight is 383 g/mol. The molecule has 6 heteroatoms. The quantitative estimate of drug-likeness (QED) is 0.707. The van der Waals surface area contributed by atoms with Crippen molar-refractivity contribution in [3.63, 3.8) is 0 Å². The molecule has 1 fully saturated rings. The van der Waals surface area contributed by atoms with Crippen molar-refractivity contribution in [1.29, 1.82) is 0 Å². The molecule has 1 aromatic rings. The third-order valence-corrected chi connectivity index (χ3v) is 7.11. The van der Waals surface area contributed by atoms with Crippen LogP contribution in [-0.4, -0.2) is 37.2 Å². The molecule has 0 aliphatic heterocycles. The SMILES string of the molecule is [B]C(C)(C)[C@]1(C)[C@@H](C(C)C)C1(C)[C@@H](C)NC(=O)c1cccc(C(=O)NCC)n1. The summed E-state index contributed by atoms with van der Waals surface area (Å²) in [6.45, 7) is 17.4. The summed E-state index contributed by atoms with van der Waals surface area (Å²) in [4.78, 5) is 29.1. The van der Waals surface area contributed by atoms with Crippen molar-refractivity contribution < 1.29 is 9.59 Å². The van der Waals surface area contributed by atoms with Gasteiger partial charge in [0, 0.05) is 12.6 Å². The van der Waals surface area contributed by atoms with Crippen LogP contribution in [0.1, 0.15) is 76.4 Å². The summed E-state index contributed by atoms with van der Waals surface area (Å²) >= 11 is 0. The van der Waals surface area contributed by atoms with Crippen LogP contribution in [0.25, 0.3) is 0 Å². The fourth-order valence-corrected chi connectivity index (χ4v) is 5.40. The molecule has 28 heavy (non-hydrogen) atoms. The van der Waals surface area contributed by atoms with Gasteiger partial charge in [-0.1, -0.05) is 52.9 Å². The molecule has 0 aromatic carbocycles. The van der Waals surface area contributed by atoms with Crippen molar-refractivity contribution in [2.75, 3.05) is 6.54 Å². The molecule has 0 bridgehead atoms. The monoisotopic (exact) mass is 383 g/mol. The molecule has 0 spiro atoms. The lowest BCUT2D eigenvalue weighted by Gasteiger charge is -2.35. The molecule has 5 nitrogen and oxygen atoms in total. The Kier molecular flexibility index (Phi) is 6.03. The predicted octanol–water partition coefficient (Wildman–Crippen LogP) is 3.62. The number of aromatic nitrogens is 1. The van der Waals surface area contributed by atoms with Crippen LogP contribution in [0, 0.1) is 22.7 Å². The van der Waals surface area contributed by atoms with E-state index in [2.05, 4.69) is 57.2 Å². The van der Waals surface area contributed by atoms with Crippen molar-refractivity contribution in [3.05, 3.63) is 29.6 Å². The van der Waals surface area contributed by atoms with Gasteiger partial charge < -0.3 is 10.6 Å². The van der Waals surface area contributed by atoms with E-state index in [-0.39, 0.29) is 45.4 Å². The minimum absolute atomic E-state index is 0.0878. The zero-order valence-corrected chi connectivity index (χ0v) is 18.5. The summed E-state index contributed by atoms with van der Waals surface area (Å²) in [6, 6.07) is 4.83. The van der Waals surface area contributed by atoms with Crippen molar-refractivity contribution in [2.45, 2.75) is 66.7 Å². The van der Waals surface area contributed by atoms with E-state index in [1.807, 2.05) is 13.8 Å². The Bertz CT molecular complexity index is 758. The Morgan fingerprint density at radius 2 is 1.71 bits per heavy atom. The predicted molar refractivity (Wildman–Crippen MR) is 114 cm³/mol. The van der Waals surface area contributed by atoms with E-state index in [4.69, 9.17) is 7.85 Å². The lowest BCUT2D eigenvalue weighted by atomic mass is 9.58. The smallest absolute Gasteiger partial charge is 0.270 e. The Morgan fingerprint density at radius 3 is 2.14 bits per heavy atom. The number of hydrogen-bond acceptors (Lipinski definition) is 3. The number of nitrogens with zero attached hydrogens (tertiary/aromatic N) is 1. The molecular formula is C22H34BN3O2. The molecule has 1 aliphatic rings. The van der Waals surface area contributed by atoms with E-state index in [1.165, 1.54) is 0 Å². The first kappa shape index (κ1) is 22.4. The third-order valence-electron chi connectivity index (χ3n) is 7.11. The number of amides is 2. The van der Waals surface area contributed by atoms with Crippen LogP contribution < -0.4 is 10.6 Å². The topological polar surface area (TPSA) is 71.1 Å². The second-order valence-electron chi connectivity index (χ2n) is 9.39. The van der Waals surface area contributed by atoms with E-state index in [1.54, 1.807) is 18.2 Å². The molecule has 2 radical (unpaired) electrons. The zero-order chi connectivity index (χ0) is 21.5. The molecule has 1 unspecified atom stereocenters. The van der Waals surface area contributed by atoms with Crippen LogP contribution >= 0.6 is 0 Å². The molecule has 1 aromatic heterocycles. The van der Waals surface area contributed by atoms with Crippen LogP contribution in [0.3, 0.4) is 0 Å². The van der Waals surface area contributed by atoms with Crippen LogP contribution in [0.15, 0.2) is 18.2 Å². The molecule has 2 rings (SSSR count). The van der Waals surface area contributed by atoms with Gasteiger partial charge in [-0.3, -0.25) is 9.59 Å². The number of hydrogen-bond donors (Lipinski definition) is 2. The third kappa shape index (κ3) is 3.46. The summed E-state index contributed by atoms with van der Waals surface area (Å²) in [5.74, 6) is 0.296. The maximum absolute atomic E-state index is 12.9. The van der Waals surface area contributed by atoms with E-state index in [9.17, 15) is 9.59 Å². The van der Waals surface area contributed by atoms with Crippen LogP contribution in [0.2, 0.25) is 5.31 Å². The van der Waals surface area contributed by atoms with Gasteiger partial charge in [-0.25, -0.2) is 4.98 Å². The summed E-state index contributed by atoms with van der Waals surface area (Å²) in [5.41, 5.74) is 0.256. The van der Waals surface area contributed by atoms with E-state index in [0.29, 0.717) is 18.4 Å². The van der Waals surface area contributed by atoms with Gasteiger partial charge in [-0.15, -0.1) is 0 Å². The van der Waals surface area contributed by atoms with Gasteiger partial charge in [-0.05, 0) is 48.6 Å². The lowest BCUT2D eigenvalue weighted by Crippen LogP contribution is -2.42. The normalized spacial score (nSPS) is 28.0. The minimum Gasteiger partial charge on any atom is -0.351 e. The van der Waals surface area contributed by atoms with Gasteiger partial charge in [0.05, 0.1) is 7.85 Å². The highest BCUT2D eigenvalue weighted by Crippen LogP contribution is 2.80. The van der Waals surface area contributed by atoms with E-state index < -0.39 is 0 Å². The van der Waals surface area contributed by atoms with Gasteiger partial charge in [0.15, 0.2) is 0 Å². The average Bonchev–Trinajstić information content (AvgIpc) is 3.14. The number of nitrogens with one attached hydrogen (secondary N) is 2. The summed E-state index contributed by atoms with van der Waals surface area (Å²) in [6.07, 6.45) is 0. The zero-order valence-electron chi connectivity index (χ0n) is 18.5. The number of carbonyl (C=O) groups excluding carboxylic acids is 2. The van der Waals surface area contributed by atoms with E-state index >= 15 is 0 Å². The van der Waals surface area contributed by atoms with E-state index in [0.717, 1.165) is 0 Å². The minimum atomic E-state index is -0.369. The molecule has 0 saturated heterocycles. The largest absolute Gasteiger partial charge is 0.351 e. The molecule has 152 valence electrons. The van der Waals surface area contributed by atoms with Gasteiger partial charge in [0.2, 0.25) is 0 Å². The molecule has 2 N–H and O–H groups in total. The maximum Gasteiger partial charge on any atom is 0.270 e. The van der Waals surface area contributed by atoms with Gasteiger partial charge >= 0.3 is 0 Å². The molecule has 2 amide bonds. The second-order valence-corrected chi connectivity index (χ2v) is 9.39. The molecule has 1 heterocycles. The lowest BCUT2D eigenvalue weighted by molar-refractivity contribution is 0.0905. The highest BCUT2D eigenvalue weighted by Gasteiger charge is 2.76. The molecule has 1 aliphatic carbocycles. The van der Waals surface area contributed by atoms with Crippen LogP contribution in [0.5, 0.6) is 0 Å². The highest BCUT2D eigenvalue weighted by atomic mass is 16.2. The standard InChI is InChI=1S/C22H34BN3O2/c1-9-24-18(27)15-11-10-12-16(26-15)19(28)25-14(4)21(7)17(13(2)3)22(21,8)20(5,6)23/h10-14,17H,9H2,1-8H3,(H,24,27)(H,25,28)/t14-,17+,21?,22+/m1/s1. The fourth-order valence-electron chi connectivity index (χ4n) is 5.40. The van der Waals surface area contributed by atoms with Gasteiger partial charge in [0.1, 0.15) is 11.4 Å². The van der Waals surface area contributed by atoms with Crippen molar-refractivity contribution in [2.24, 2.45) is 22.7 Å². The van der Waals surface area contributed by atoms with Crippen molar-refractivity contribution in [3.8, 4) is 0 Å². The second kappa shape index (κ2) is 7.53. The molecular weight excluding hydrogens is 349 g/mol. The fraction of sp³-hybridized carbons (Fsp3) is 0.682. The first-order valence-electron chi connectivity index (χ1n) is 10.2. The first-order valence-corrected chi connectivity index (χ1v) is 10.2. The maximum atomic E-state index is 12.9. The molecule has 1 saturated carbocycles. The summed E-state index contributed by atoms with van der Waals surface area (Å²) < 4.78 is 0. The van der Waals surface area contributed by atoms with Crippen LogP contribution in [0.4, 0.5) is 0 Å².